The van der Waals surface area contributed by atoms with Gasteiger partial charge < -0.3 is 10.2 Å². The van der Waals surface area contributed by atoms with Crippen LogP contribution in [-0.4, -0.2) is 29.6 Å². The summed E-state index contributed by atoms with van der Waals surface area (Å²) in [6, 6.07) is 12.2. The first-order chi connectivity index (χ1) is 9.81. The minimum absolute atomic E-state index is 0.652. The zero-order valence-electron chi connectivity index (χ0n) is 11.8. The van der Waals surface area contributed by atoms with E-state index in [9.17, 15) is 0 Å². The summed E-state index contributed by atoms with van der Waals surface area (Å²) in [6.45, 7) is 5.17. The van der Waals surface area contributed by atoms with Crippen molar-refractivity contribution in [1.29, 1.82) is 0 Å². The van der Waals surface area contributed by atoms with E-state index in [1.165, 1.54) is 6.42 Å². The Morgan fingerprint density at radius 3 is 3.00 bits per heavy atom. The van der Waals surface area contributed by atoms with Gasteiger partial charge in [0.1, 0.15) is 11.6 Å². The van der Waals surface area contributed by atoms with Crippen molar-refractivity contribution in [3.05, 3.63) is 48.3 Å². The lowest BCUT2D eigenvalue weighted by molar-refractivity contribution is 0.621. The maximum Gasteiger partial charge on any atom is 0.128 e. The summed E-state index contributed by atoms with van der Waals surface area (Å²) < 4.78 is 0. The van der Waals surface area contributed by atoms with Crippen LogP contribution in [0.2, 0.25) is 0 Å². The van der Waals surface area contributed by atoms with Gasteiger partial charge in [-0.25, -0.2) is 9.97 Å². The number of nitrogens with one attached hydrogen (secondary N) is 1. The van der Waals surface area contributed by atoms with Gasteiger partial charge >= 0.3 is 0 Å². The van der Waals surface area contributed by atoms with E-state index in [0.717, 1.165) is 37.0 Å². The van der Waals surface area contributed by atoms with Crippen molar-refractivity contribution in [2.24, 2.45) is 5.92 Å². The maximum absolute atomic E-state index is 4.60. The fourth-order valence-electron chi connectivity index (χ4n) is 2.63. The number of pyridine rings is 2. The zero-order chi connectivity index (χ0) is 13.8. The summed E-state index contributed by atoms with van der Waals surface area (Å²) in [4.78, 5) is 11.3. The highest BCUT2D eigenvalue weighted by atomic mass is 15.2. The molecule has 3 rings (SSSR count). The smallest absolute Gasteiger partial charge is 0.128 e. The van der Waals surface area contributed by atoms with Crippen LogP contribution < -0.4 is 10.2 Å². The molecular formula is C16H20N4. The third-order valence-corrected chi connectivity index (χ3v) is 3.72. The second kappa shape index (κ2) is 5.90. The number of hydrogen-bond donors (Lipinski definition) is 1. The van der Waals surface area contributed by atoms with E-state index in [1.54, 1.807) is 0 Å². The second-order valence-electron chi connectivity index (χ2n) is 5.33. The third-order valence-electron chi connectivity index (χ3n) is 3.72. The summed E-state index contributed by atoms with van der Waals surface area (Å²) in [6.07, 6.45) is 3.02. The fourth-order valence-corrected chi connectivity index (χ4v) is 2.63. The summed E-state index contributed by atoms with van der Waals surface area (Å²) in [5.41, 5.74) is 1.08. The highest BCUT2D eigenvalue weighted by Gasteiger charge is 2.23. The molecule has 4 nitrogen and oxygen atoms in total. The van der Waals surface area contributed by atoms with Crippen molar-refractivity contribution in [3.8, 4) is 0 Å². The molecule has 2 aromatic heterocycles. The van der Waals surface area contributed by atoms with Crippen LogP contribution in [0.25, 0.3) is 0 Å². The predicted octanol–water partition coefficient (Wildman–Crippen LogP) is 2.72. The molecule has 0 saturated carbocycles. The number of nitrogens with zero attached hydrogens (tertiary/aromatic N) is 3. The molecule has 1 aliphatic rings. The van der Waals surface area contributed by atoms with Crippen molar-refractivity contribution in [2.75, 3.05) is 29.9 Å². The van der Waals surface area contributed by atoms with Gasteiger partial charge in [-0.2, -0.15) is 0 Å². The number of hydrogen-bond acceptors (Lipinski definition) is 4. The van der Waals surface area contributed by atoms with Crippen molar-refractivity contribution in [2.45, 2.75) is 13.3 Å². The van der Waals surface area contributed by atoms with Crippen LogP contribution in [0.4, 0.5) is 11.6 Å². The van der Waals surface area contributed by atoms with E-state index in [1.807, 2.05) is 37.4 Å². The lowest BCUT2D eigenvalue weighted by Crippen LogP contribution is -2.23. The van der Waals surface area contributed by atoms with Crippen LogP contribution >= 0.6 is 0 Å². The van der Waals surface area contributed by atoms with Gasteiger partial charge in [0.2, 0.25) is 0 Å². The Hall–Kier alpha value is -2.10. The number of aromatic nitrogens is 2. The van der Waals surface area contributed by atoms with Crippen LogP contribution in [0.15, 0.2) is 42.6 Å². The Morgan fingerprint density at radius 2 is 2.20 bits per heavy atom. The van der Waals surface area contributed by atoms with Gasteiger partial charge in [0.05, 0.1) is 0 Å². The molecule has 0 spiro atoms. The third kappa shape index (κ3) is 3.07. The lowest BCUT2D eigenvalue weighted by atomic mass is 10.1. The zero-order valence-corrected chi connectivity index (χ0v) is 11.8. The Bertz CT molecular complexity index is 555. The molecule has 20 heavy (non-hydrogen) atoms. The molecule has 0 radical (unpaired) electrons. The first kappa shape index (κ1) is 12.9. The van der Waals surface area contributed by atoms with Crippen LogP contribution in [0, 0.1) is 12.8 Å². The summed E-state index contributed by atoms with van der Waals surface area (Å²) >= 11 is 0. The van der Waals surface area contributed by atoms with Crippen LogP contribution in [0.1, 0.15) is 12.1 Å². The van der Waals surface area contributed by atoms with Crippen LogP contribution in [0.5, 0.6) is 0 Å². The first-order valence-electron chi connectivity index (χ1n) is 7.15. The average molecular weight is 268 g/mol. The van der Waals surface area contributed by atoms with E-state index >= 15 is 0 Å². The van der Waals surface area contributed by atoms with Crippen LogP contribution in [0.3, 0.4) is 0 Å². The molecular weight excluding hydrogens is 248 g/mol. The molecule has 104 valence electrons. The lowest BCUT2D eigenvalue weighted by Gasteiger charge is -2.18. The summed E-state index contributed by atoms with van der Waals surface area (Å²) in [5, 5.41) is 3.41. The largest absolute Gasteiger partial charge is 0.370 e. The Kier molecular flexibility index (Phi) is 3.81. The van der Waals surface area contributed by atoms with Gasteiger partial charge in [0, 0.05) is 31.5 Å². The van der Waals surface area contributed by atoms with Gasteiger partial charge in [-0.05, 0) is 43.5 Å². The molecule has 1 atom stereocenters. The topological polar surface area (TPSA) is 41.0 Å². The van der Waals surface area contributed by atoms with E-state index < -0.39 is 0 Å². The molecule has 1 fully saturated rings. The molecule has 1 aliphatic heterocycles. The molecule has 0 amide bonds. The molecule has 1 unspecified atom stereocenters. The average Bonchev–Trinajstić information content (AvgIpc) is 2.95. The van der Waals surface area contributed by atoms with Gasteiger partial charge in [-0.15, -0.1) is 0 Å². The van der Waals surface area contributed by atoms with Crippen molar-refractivity contribution in [1.82, 2.24) is 9.97 Å². The summed E-state index contributed by atoms with van der Waals surface area (Å²) in [5.74, 6) is 2.71. The molecule has 1 saturated heterocycles. The highest BCUT2D eigenvalue weighted by Crippen LogP contribution is 2.22. The molecule has 1 N–H and O–H groups in total. The van der Waals surface area contributed by atoms with Crippen molar-refractivity contribution >= 4 is 11.6 Å². The van der Waals surface area contributed by atoms with E-state index in [4.69, 9.17) is 0 Å². The van der Waals surface area contributed by atoms with E-state index in [-0.39, 0.29) is 0 Å². The second-order valence-corrected chi connectivity index (χ2v) is 5.33. The van der Waals surface area contributed by atoms with Crippen molar-refractivity contribution < 1.29 is 0 Å². The number of aryl methyl sites for hydroxylation is 1. The SMILES string of the molecule is Cc1cccc(N2CCC(CNc3ccccn3)C2)n1. The molecule has 3 heterocycles. The number of rotatable bonds is 4. The van der Waals surface area contributed by atoms with Gasteiger partial charge in [0.25, 0.3) is 0 Å². The van der Waals surface area contributed by atoms with Crippen molar-refractivity contribution in [3.63, 3.8) is 0 Å². The van der Waals surface area contributed by atoms with Gasteiger partial charge in [-0.1, -0.05) is 12.1 Å². The molecule has 0 aromatic carbocycles. The van der Waals surface area contributed by atoms with E-state index in [2.05, 4.69) is 32.3 Å². The van der Waals surface area contributed by atoms with E-state index in [0.29, 0.717) is 5.92 Å². The van der Waals surface area contributed by atoms with Gasteiger partial charge in [0.15, 0.2) is 0 Å². The quantitative estimate of drug-likeness (QED) is 0.925. The Morgan fingerprint density at radius 1 is 1.25 bits per heavy atom. The predicted molar refractivity (Wildman–Crippen MR) is 82.0 cm³/mol. The maximum atomic E-state index is 4.60. The Labute approximate surface area is 119 Å². The van der Waals surface area contributed by atoms with Crippen LogP contribution in [-0.2, 0) is 0 Å². The Balaban J connectivity index is 1.55. The molecule has 2 aromatic rings. The van der Waals surface area contributed by atoms with Gasteiger partial charge in [-0.3, -0.25) is 0 Å². The molecule has 4 heteroatoms. The minimum atomic E-state index is 0.652. The normalized spacial score (nSPS) is 18.2. The highest BCUT2D eigenvalue weighted by molar-refractivity contribution is 5.41. The number of anilines is 2. The molecule has 0 bridgehead atoms. The minimum Gasteiger partial charge on any atom is -0.370 e. The standard InChI is InChI=1S/C16H20N4/c1-13-5-4-7-16(19-13)20-10-8-14(12-20)11-18-15-6-2-3-9-17-15/h2-7,9,14H,8,10-12H2,1H3,(H,17,18). The molecule has 0 aliphatic carbocycles. The summed E-state index contributed by atoms with van der Waals surface area (Å²) in [7, 11) is 0. The monoisotopic (exact) mass is 268 g/mol. The fraction of sp³-hybridized carbons (Fsp3) is 0.375. The first-order valence-corrected chi connectivity index (χ1v) is 7.15.